The van der Waals surface area contributed by atoms with Crippen molar-refractivity contribution < 1.29 is 9.47 Å². The number of likely N-dealkylation sites (N-methyl/N-ethyl adjacent to an activating group) is 1. The Bertz CT molecular complexity index is 303. The Labute approximate surface area is 110 Å². The van der Waals surface area contributed by atoms with E-state index >= 15 is 0 Å². The number of benzene rings is 1. The van der Waals surface area contributed by atoms with Gasteiger partial charge in [-0.3, -0.25) is 0 Å². The van der Waals surface area contributed by atoms with E-state index in [1.807, 2.05) is 13.1 Å². The fraction of sp³-hybridized carbons (Fsp3) is 0.600. The molecule has 0 amide bonds. The smallest absolute Gasteiger partial charge is 0.0767 e. The third-order valence-corrected chi connectivity index (χ3v) is 3.07. The first-order valence-corrected chi connectivity index (χ1v) is 6.66. The van der Waals surface area contributed by atoms with Gasteiger partial charge in [-0.25, -0.2) is 0 Å². The zero-order chi connectivity index (χ0) is 13.2. The fourth-order valence-corrected chi connectivity index (χ4v) is 2.12. The summed E-state index contributed by atoms with van der Waals surface area (Å²) in [5.41, 5.74) is 1.28. The van der Waals surface area contributed by atoms with E-state index in [9.17, 15) is 0 Å². The van der Waals surface area contributed by atoms with Gasteiger partial charge in [0.15, 0.2) is 0 Å². The standard InChI is InChI=1S/C15H25NO2/c1-4-14(18-12-8-11-17-3)15(16-2)13-9-6-5-7-10-13/h5-7,9-10,14-16H,4,8,11-12H2,1-3H3. The Morgan fingerprint density at radius 2 is 1.89 bits per heavy atom. The predicted octanol–water partition coefficient (Wildman–Crippen LogP) is 2.78. The maximum Gasteiger partial charge on any atom is 0.0767 e. The van der Waals surface area contributed by atoms with Crippen molar-refractivity contribution in [1.82, 2.24) is 5.32 Å². The Morgan fingerprint density at radius 1 is 1.17 bits per heavy atom. The zero-order valence-corrected chi connectivity index (χ0v) is 11.7. The van der Waals surface area contributed by atoms with Crippen LogP contribution in [0.2, 0.25) is 0 Å². The molecule has 0 saturated heterocycles. The minimum Gasteiger partial charge on any atom is -0.385 e. The van der Waals surface area contributed by atoms with Crippen LogP contribution >= 0.6 is 0 Å². The van der Waals surface area contributed by atoms with Gasteiger partial charge >= 0.3 is 0 Å². The van der Waals surface area contributed by atoms with E-state index in [-0.39, 0.29) is 12.1 Å². The number of rotatable bonds is 9. The van der Waals surface area contributed by atoms with E-state index in [1.165, 1.54) is 5.56 Å². The molecule has 0 aliphatic heterocycles. The molecule has 0 aliphatic carbocycles. The maximum atomic E-state index is 5.96. The molecule has 1 aromatic carbocycles. The fourth-order valence-electron chi connectivity index (χ4n) is 2.12. The molecular formula is C15H25NO2. The third-order valence-electron chi connectivity index (χ3n) is 3.07. The molecule has 1 aromatic rings. The van der Waals surface area contributed by atoms with Gasteiger partial charge in [-0.1, -0.05) is 37.3 Å². The number of hydrogen-bond acceptors (Lipinski definition) is 3. The van der Waals surface area contributed by atoms with Gasteiger partial charge in [-0.15, -0.1) is 0 Å². The molecule has 3 heteroatoms. The molecule has 1 N–H and O–H groups in total. The third kappa shape index (κ3) is 4.77. The van der Waals surface area contributed by atoms with Crippen molar-refractivity contribution in [2.45, 2.75) is 31.9 Å². The highest BCUT2D eigenvalue weighted by atomic mass is 16.5. The van der Waals surface area contributed by atoms with Crippen molar-refractivity contribution in [3.63, 3.8) is 0 Å². The molecule has 0 radical (unpaired) electrons. The quantitative estimate of drug-likeness (QED) is 0.685. The molecule has 102 valence electrons. The van der Waals surface area contributed by atoms with Crippen molar-refractivity contribution in [3.8, 4) is 0 Å². The summed E-state index contributed by atoms with van der Waals surface area (Å²) in [5.74, 6) is 0. The molecule has 0 bridgehead atoms. The highest BCUT2D eigenvalue weighted by Gasteiger charge is 2.20. The summed E-state index contributed by atoms with van der Waals surface area (Å²) in [6, 6.07) is 10.7. The number of methoxy groups -OCH3 is 1. The van der Waals surface area contributed by atoms with Crippen molar-refractivity contribution >= 4 is 0 Å². The second-order valence-electron chi connectivity index (χ2n) is 4.34. The largest absolute Gasteiger partial charge is 0.385 e. The summed E-state index contributed by atoms with van der Waals surface area (Å²) in [4.78, 5) is 0. The summed E-state index contributed by atoms with van der Waals surface area (Å²) >= 11 is 0. The van der Waals surface area contributed by atoms with Crippen LogP contribution in [-0.4, -0.2) is 33.5 Å². The summed E-state index contributed by atoms with van der Waals surface area (Å²) in [5, 5.41) is 3.35. The van der Waals surface area contributed by atoms with Crippen molar-refractivity contribution in [2.24, 2.45) is 0 Å². The Kier molecular flexibility index (Phi) is 7.65. The van der Waals surface area contributed by atoms with Crippen LogP contribution in [0, 0.1) is 0 Å². The first kappa shape index (κ1) is 15.2. The summed E-state index contributed by atoms with van der Waals surface area (Å²) in [7, 11) is 3.70. The van der Waals surface area contributed by atoms with E-state index in [0.717, 1.165) is 26.1 Å². The molecule has 2 unspecified atom stereocenters. The second-order valence-corrected chi connectivity index (χ2v) is 4.34. The van der Waals surface area contributed by atoms with Crippen LogP contribution in [-0.2, 0) is 9.47 Å². The molecule has 0 fully saturated rings. The van der Waals surface area contributed by atoms with Gasteiger partial charge in [-0.05, 0) is 25.5 Å². The van der Waals surface area contributed by atoms with Gasteiger partial charge < -0.3 is 14.8 Å². The molecular weight excluding hydrogens is 226 g/mol. The van der Waals surface area contributed by atoms with E-state index < -0.39 is 0 Å². The number of ether oxygens (including phenoxy) is 2. The topological polar surface area (TPSA) is 30.5 Å². The Balaban J connectivity index is 2.55. The molecule has 3 nitrogen and oxygen atoms in total. The first-order valence-electron chi connectivity index (χ1n) is 6.66. The number of hydrogen-bond donors (Lipinski definition) is 1. The van der Waals surface area contributed by atoms with Crippen LogP contribution in [0.4, 0.5) is 0 Å². The lowest BCUT2D eigenvalue weighted by Crippen LogP contribution is -2.31. The highest BCUT2D eigenvalue weighted by molar-refractivity contribution is 5.20. The molecule has 2 atom stereocenters. The lowest BCUT2D eigenvalue weighted by Gasteiger charge is -2.26. The Hall–Kier alpha value is -0.900. The average Bonchev–Trinajstić information content (AvgIpc) is 2.43. The predicted molar refractivity (Wildman–Crippen MR) is 74.8 cm³/mol. The average molecular weight is 251 g/mol. The lowest BCUT2D eigenvalue weighted by atomic mass is 10.00. The minimum absolute atomic E-state index is 0.203. The molecule has 1 rings (SSSR count). The Morgan fingerprint density at radius 3 is 2.44 bits per heavy atom. The normalized spacial score (nSPS) is 14.4. The van der Waals surface area contributed by atoms with Gasteiger partial charge in [-0.2, -0.15) is 0 Å². The van der Waals surface area contributed by atoms with Gasteiger partial charge in [0.05, 0.1) is 12.1 Å². The van der Waals surface area contributed by atoms with E-state index in [4.69, 9.17) is 9.47 Å². The van der Waals surface area contributed by atoms with Crippen molar-refractivity contribution in [3.05, 3.63) is 35.9 Å². The monoisotopic (exact) mass is 251 g/mol. The molecule has 0 aromatic heterocycles. The first-order chi connectivity index (χ1) is 8.83. The van der Waals surface area contributed by atoms with Crippen molar-refractivity contribution in [2.75, 3.05) is 27.4 Å². The van der Waals surface area contributed by atoms with Gasteiger partial charge in [0.2, 0.25) is 0 Å². The molecule has 0 heterocycles. The van der Waals surface area contributed by atoms with E-state index in [0.29, 0.717) is 0 Å². The number of nitrogens with one attached hydrogen (secondary N) is 1. The van der Waals surface area contributed by atoms with Crippen LogP contribution in [0.15, 0.2) is 30.3 Å². The second kappa shape index (κ2) is 9.09. The molecule has 0 spiro atoms. The van der Waals surface area contributed by atoms with Crippen LogP contribution in [0.3, 0.4) is 0 Å². The molecule has 0 aliphatic rings. The van der Waals surface area contributed by atoms with Crippen LogP contribution in [0.25, 0.3) is 0 Å². The van der Waals surface area contributed by atoms with Gasteiger partial charge in [0.1, 0.15) is 0 Å². The van der Waals surface area contributed by atoms with Gasteiger partial charge in [0, 0.05) is 20.3 Å². The lowest BCUT2D eigenvalue weighted by molar-refractivity contribution is 0.0151. The SMILES string of the molecule is CCC(OCCCOC)C(NC)c1ccccc1. The zero-order valence-electron chi connectivity index (χ0n) is 11.7. The van der Waals surface area contributed by atoms with E-state index in [2.05, 4.69) is 36.5 Å². The maximum absolute atomic E-state index is 5.96. The van der Waals surface area contributed by atoms with Crippen LogP contribution in [0.5, 0.6) is 0 Å². The van der Waals surface area contributed by atoms with E-state index in [1.54, 1.807) is 7.11 Å². The minimum atomic E-state index is 0.203. The summed E-state index contributed by atoms with van der Waals surface area (Å²) < 4.78 is 11.0. The molecule has 18 heavy (non-hydrogen) atoms. The van der Waals surface area contributed by atoms with Crippen LogP contribution in [0.1, 0.15) is 31.4 Å². The summed E-state index contributed by atoms with van der Waals surface area (Å²) in [6.45, 7) is 3.66. The molecule has 0 saturated carbocycles. The van der Waals surface area contributed by atoms with Crippen LogP contribution < -0.4 is 5.32 Å². The highest BCUT2D eigenvalue weighted by Crippen LogP contribution is 2.21. The van der Waals surface area contributed by atoms with Crippen molar-refractivity contribution in [1.29, 1.82) is 0 Å². The van der Waals surface area contributed by atoms with Gasteiger partial charge in [0.25, 0.3) is 0 Å². The summed E-state index contributed by atoms with van der Waals surface area (Å²) in [6.07, 6.45) is 2.14.